The van der Waals surface area contributed by atoms with E-state index >= 15 is 0 Å². The Morgan fingerprint density at radius 2 is 1.96 bits per heavy atom. The Bertz CT molecular complexity index is 726. The molecule has 0 aromatic heterocycles. The molecule has 4 atom stereocenters. The fourth-order valence-corrected chi connectivity index (χ4v) is 5.16. The Morgan fingerprint density at radius 3 is 2.63 bits per heavy atom. The lowest BCUT2D eigenvalue weighted by molar-refractivity contribution is -0.147. The highest BCUT2D eigenvalue weighted by Gasteiger charge is 2.49. The summed E-state index contributed by atoms with van der Waals surface area (Å²) < 4.78 is 4.76. The molecule has 1 fully saturated rings. The molecule has 148 valence electrons. The number of esters is 1. The molecule has 27 heavy (non-hydrogen) atoms. The Kier molecular flexibility index (Phi) is 5.64. The van der Waals surface area contributed by atoms with Gasteiger partial charge in [0.25, 0.3) is 0 Å². The maximum absolute atomic E-state index is 13.1. The molecular formula is C23H33NO3. The summed E-state index contributed by atoms with van der Waals surface area (Å²) in [6, 6.07) is 6.34. The lowest BCUT2D eigenvalue weighted by Gasteiger charge is -2.48. The molecule has 0 aliphatic heterocycles. The van der Waals surface area contributed by atoms with Crippen molar-refractivity contribution in [2.24, 2.45) is 11.3 Å². The third-order valence-electron chi connectivity index (χ3n) is 6.89. The van der Waals surface area contributed by atoms with E-state index in [4.69, 9.17) is 4.74 Å². The lowest BCUT2D eigenvalue weighted by Crippen LogP contribution is -2.52. The number of fused-ring (bicyclic) bond motifs is 3. The van der Waals surface area contributed by atoms with Crippen LogP contribution in [-0.4, -0.2) is 25.0 Å². The van der Waals surface area contributed by atoms with E-state index in [2.05, 4.69) is 44.3 Å². The average molecular weight is 372 g/mol. The number of carbonyl (C=O) groups excluding carboxylic acids is 2. The Balaban J connectivity index is 1.85. The number of rotatable bonds is 4. The van der Waals surface area contributed by atoms with E-state index in [0.29, 0.717) is 17.8 Å². The average Bonchev–Trinajstić information content (AvgIpc) is 2.66. The topological polar surface area (TPSA) is 55.4 Å². The number of nitrogens with one attached hydrogen (secondary N) is 1. The van der Waals surface area contributed by atoms with Crippen LogP contribution in [0.2, 0.25) is 0 Å². The van der Waals surface area contributed by atoms with Gasteiger partial charge in [0.1, 0.15) is 6.04 Å². The van der Waals surface area contributed by atoms with Crippen LogP contribution in [0.4, 0.5) is 0 Å². The quantitative estimate of drug-likeness (QED) is 0.802. The second kappa shape index (κ2) is 7.65. The van der Waals surface area contributed by atoms with E-state index in [0.717, 1.165) is 32.1 Å². The summed E-state index contributed by atoms with van der Waals surface area (Å²) in [5.41, 5.74) is 3.88. The first-order valence-corrected chi connectivity index (χ1v) is 10.3. The van der Waals surface area contributed by atoms with Gasteiger partial charge in [-0.3, -0.25) is 4.79 Å². The minimum atomic E-state index is -0.607. The van der Waals surface area contributed by atoms with Crippen molar-refractivity contribution < 1.29 is 14.3 Å². The number of aryl methyl sites for hydroxylation is 1. The molecule has 1 aromatic rings. The van der Waals surface area contributed by atoms with Crippen molar-refractivity contribution in [2.45, 2.75) is 77.7 Å². The zero-order valence-corrected chi connectivity index (χ0v) is 17.3. The molecule has 0 spiro atoms. The summed E-state index contributed by atoms with van der Waals surface area (Å²) in [5.74, 6) is 0.906. The van der Waals surface area contributed by atoms with Gasteiger partial charge in [-0.1, -0.05) is 45.4 Å². The maximum atomic E-state index is 13.1. The highest BCUT2D eigenvalue weighted by atomic mass is 16.5. The predicted octanol–water partition coefficient (Wildman–Crippen LogP) is 4.32. The molecule has 2 aliphatic rings. The van der Waals surface area contributed by atoms with Crippen LogP contribution < -0.4 is 5.32 Å². The van der Waals surface area contributed by atoms with Crippen molar-refractivity contribution in [1.82, 2.24) is 5.32 Å². The number of ether oxygens (including phenoxy) is 1. The normalized spacial score (nSPS) is 28.1. The van der Waals surface area contributed by atoms with Crippen LogP contribution in [-0.2, 0) is 20.7 Å². The minimum Gasteiger partial charge on any atom is -0.467 e. The molecular weight excluding hydrogens is 338 g/mol. The van der Waals surface area contributed by atoms with Gasteiger partial charge in [-0.25, -0.2) is 4.79 Å². The smallest absolute Gasteiger partial charge is 0.328 e. The van der Waals surface area contributed by atoms with E-state index in [-0.39, 0.29) is 5.91 Å². The first kappa shape index (κ1) is 19.9. The van der Waals surface area contributed by atoms with Crippen LogP contribution in [0.5, 0.6) is 0 Å². The number of benzene rings is 1. The molecule has 1 N–H and O–H groups in total. The SMILES string of the molecule is COC(=O)[C@H](C)NC(=O)[C@]1(C)CCC[C@@H]2c3ccc(C(C)C)cc3CC[C@H]21. The van der Waals surface area contributed by atoms with Gasteiger partial charge >= 0.3 is 5.97 Å². The van der Waals surface area contributed by atoms with Crippen LogP contribution in [0, 0.1) is 11.3 Å². The highest BCUT2D eigenvalue weighted by molar-refractivity contribution is 5.88. The van der Waals surface area contributed by atoms with Crippen molar-refractivity contribution in [3.05, 3.63) is 34.9 Å². The van der Waals surface area contributed by atoms with Crippen molar-refractivity contribution in [1.29, 1.82) is 0 Å². The molecule has 1 aromatic carbocycles. The van der Waals surface area contributed by atoms with Gasteiger partial charge in [0.15, 0.2) is 0 Å². The number of methoxy groups -OCH3 is 1. The zero-order chi connectivity index (χ0) is 19.8. The van der Waals surface area contributed by atoms with Gasteiger partial charge in [0.2, 0.25) is 5.91 Å². The Morgan fingerprint density at radius 1 is 1.22 bits per heavy atom. The Hall–Kier alpha value is -1.84. The third-order valence-corrected chi connectivity index (χ3v) is 6.89. The van der Waals surface area contributed by atoms with Gasteiger partial charge in [0.05, 0.1) is 7.11 Å². The zero-order valence-electron chi connectivity index (χ0n) is 17.3. The van der Waals surface area contributed by atoms with Crippen molar-refractivity contribution >= 4 is 11.9 Å². The van der Waals surface area contributed by atoms with Crippen molar-refractivity contribution in [3.63, 3.8) is 0 Å². The lowest BCUT2D eigenvalue weighted by atomic mass is 9.56. The van der Waals surface area contributed by atoms with Gasteiger partial charge in [-0.2, -0.15) is 0 Å². The van der Waals surface area contributed by atoms with E-state index in [1.807, 2.05) is 0 Å². The van der Waals surface area contributed by atoms with E-state index in [9.17, 15) is 9.59 Å². The summed E-state index contributed by atoms with van der Waals surface area (Å²) in [6.07, 6.45) is 5.15. The van der Waals surface area contributed by atoms with Gasteiger partial charge in [-0.15, -0.1) is 0 Å². The Labute approximate surface area is 163 Å². The van der Waals surface area contributed by atoms with Crippen LogP contribution in [0.3, 0.4) is 0 Å². The first-order chi connectivity index (χ1) is 12.8. The second-order valence-electron chi connectivity index (χ2n) is 8.89. The molecule has 0 heterocycles. The van der Waals surface area contributed by atoms with Gasteiger partial charge < -0.3 is 10.1 Å². The number of hydrogen-bond acceptors (Lipinski definition) is 3. The minimum absolute atomic E-state index is 0.00245. The number of amides is 1. The summed E-state index contributed by atoms with van der Waals surface area (Å²) >= 11 is 0. The maximum Gasteiger partial charge on any atom is 0.328 e. The van der Waals surface area contributed by atoms with Gasteiger partial charge in [0, 0.05) is 5.41 Å². The molecule has 1 saturated carbocycles. The summed E-state index contributed by atoms with van der Waals surface area (Å²) in [5, 5.41) is 2.91. The number of hydrogen-bond donors (Lipinski definition) is 1. The molecule has 0 saturated heterocycles. The highest BCUT2D eigenvalue weighted by Crippen LogP contribution is 2.54. The van der Waals surface area contributed by atoms with Crippen molar-refractivity contribution in [2.75, 3.05) is 7.11 Å². The fraction of sp³-hybridized carbons (Fsp3) is 0.652. The van der Waals surface area contributed by atoms with E-state index in [1.165, 1.54) is 23.8 Å². The predicted molar refractivity (Wildman–Crippen MR) is 107 cm³/mol. The van der Waals surface area contributed by atoms with E-state index < -0.39 is 17.4 Å². The monoisotopic (exact) mass is 371 g/mol. The molecule has 1 amide bonds. The molecule has 0 radical (unpaired) electrons. The third kappa shape index (κ3) is 3.63. The van der Waals surface area contributed by atoms with Crippen LogP contribution >= 0.6 is 0 Å². The van der Waals surface area contributed by atoms with Gasteiger partial charge in [-0.05, 0) is 67.1 Å². The van der Waals surface area contributed by atoms with Crippen molar-refractivity contribution in [3.8, 4) is 0 Å². The van der Waals surface area contributed by atoms with E-state index in [1.54, 1.807) is 6.92 Å². The fourth-order valence-electron chi connectivity index (χ4n) is 5.16. The number of carbonyl (C=O) groups is 2. The second-order valence-corrected chi connectivity index (χ2v) is 8.89. The summed E-state index contributed by atoms with van der Waals surface area (Å²) in [7, 11) is 1.35. The van der Waals surface area contributed by atoms with Crippen LogP contribution in [0.1, 0.15) is 81.9 Å². The summed E-state index contributed by atoms with van der Waals surface area (Å²) in [6.45, 7) is 8.25. The molecule has 4 heteroatoms. The van der Waals surface area contributed by atoms with Crippen LogP contribution in [0.15, 0.2) is 18.2 Å². The molecule has 0 bridgehead atoms. The first-order valence-electron chi connectivity index (χ1n) is 10.3. The molecule has 2 aliphatic carbocycles. The standard InChI is InChI=1S/C23H33NO3/c1-14(2)16-8-10-18-17(13-16)9-11-20-19(18)7-6-12-23(20,4)22(26)24-15(3)21(25)27-5/h8,10,13-15,19-20H,6-7,9,11-12H2,1-5H3,(H,24,26)/t15-,19+,20+,23+/m0/s1. The molecule has 3 rings (SSSR count). The summed E-state index contributed by atoms with van der Waals surface area (Å²) in [4.78, 5) is 24.9. The molecule has 4 nitrogen and oxygen atoms in total. The largest absolute Gasteiger partial charge is 0.467 e. The van der Waals surface area contributed by atoms with Crippen LogP contribution in [0.25, 0.3) is 0 Å². The molecule has 0 unspecified atom stereocenters.